The van der Waals surface area contributed by atoms with Crippen molar-refractivity contribution in [2.45, 2.75) is 24.5 Å². The molecule has 0 unspecified atom stereocenters. The summed E-state index contributed by atoms with van der Waals surface area (Å²) in [4.78, 5) is 14.1. The van der Waals surface area contributed by atoms with Crippen LogP contribution >= 0.6 is 0 Å². The molecule has 3 heteroatoms. The fraction of sp³-hybridized carbons (Fsp3) is 0.167. The van der Waals surface area contributed by atoms with Gasteiger partial charge in [-0.3, -0.25) is 4.79 Å². The molecule has 0 saturated carbocycles. The van der Waals surface area contributed by atoms with Gasteiger partial charge in [-0.1, -0.05) is 121 Å². The lowest BCUT2D eigenvalue weighted by Gasteiger charge is -2.42. The lowest BCUT2D eigenvalue weighted by atomic mass is 9.69. The Morgan fingerprint density at radius 2 is 1.18 bits per heavy atom. The van der Waals surface area contributed by atoms with Crippen molar-refractivity contribution < 1.29 is 14.6 Å². The molecule has 0 spiro atoms. The van der Waals surface area contributed by atoms with E-state index in [1.165, 1.54) is 0 Å². The van der Waals surface area contributed by atoms with Crippen molar-refractivity contribution in [1.29, 1.82) is 0 Å². The molecule has 4 rings (SSSR count). The maximum atomic E-state index is 14.1. The van der Waals surface area contributed by atoms with Gasteiger partial charge in [0.2, 0.25) is 0 Å². The van der Waals surface area contributed by atoms with Crippen molar-refractivity contribution in [2.24, 2.45) is 0 Å². The number of carbonyl (C=O) groups excluding carboxylic acids is 1. The minimum atomic E-state index is -1.66. The molecule has 0 fully saturated rings. The summed E-state index contributed by atoms with van der Waals surface area (Å²) in [5, 5.41) is 12.7. The van der Waals surface area contributed by atoms with Crippen LogP contribution in [0.15, 0.2) is 121 Å². The van der Waals surface area contributed by atoms with Gasteiger partial charge in [0.15, 0.2) is 5.78 Å². The van der Waals surface area contributed by atoms with E-state index in [2.05, 4.69) is 0 Å². The highest BCUT2D eigenvalue weighted by atomic mass is 16.5. The van der Waals surface area contributed by atoms with Crippen molar-refractivity contribution in [3.05, 3.63) is 144 Å². The van der Waals surface area contributed by atoms with Crippen LogP contribution in [0.25, 0.3) is 0 Å². The highest BCUT2D eigenvalue weighted by Gasteiger charge is 2.51. The van der Waals surface area contributed by atoms with Crippen molar-refractivity contribution in [1.82, 2.24) is 0 Å². The third-order valence-electron chi connectivity index (χ3n) is 5.97. The molecule has 3 nitrogen and oxygen atoms in total. The van der Waals surface area contributed by atoms with E-state index < -0.39 is 17.6 Å². The normalized spacial score (nSPS) is 14.7. The number of hydrogen-bond acceptors (Lipinski definition) is 3. The van der Waals surface area contributed by atoms with Crippen LogP contribution < -0.4 is 0 Å². The summed E-state index contributed by atoms with van der Waals surface area (Å²) in [6.45, 7) is 2.29. The summed E-state index contributed by atoms with van der Waals surface area (Å²) in [6, 6.07) is 37.7. The summed E-state index contributed by atoms with van der Waals surface area (Å²) in [6.07, 6.45) is -0.760. The number of rotatable bonds is 9. The number of carbonyl (C=O) groups is 1. The molecule has 0 saturated heterocycles. The zero-order chi connectivity index (χ0) is 23.1. The Morgan fingerprint density at radius 3 is 1.70 bits per heavy atom. The maximum Gasteiger partial charge on any atom is 0.173 e. The van der Waals surface area contributed by atoms with Gasteiger partial charge >= 0.3 is 0 Å². The largest absolute Gasteiger partial charge is 0.381 e. The van der Waals surface area contributed by atoms with Crippen LogP contribution in [0.5, 0.6) is 0 Å². The predicted octanol–water partition coefficient (Wildman–Crippen LogP) is 6.32. The Balaban J connectivity index is 1.99. The van der Waals surface area contributed by atoms with Crippen LogP contribution in [0.4, 0.5) is 0 Å². The summed E-state index contributed by atoms with van der Waals surface area (Å²) < 4.78 is 6.23. The van der Waals surface area contributed by atoms with Gasteiger partial charge in [-0.25, -0.2) is 0 Å². The van der Waals surface area contributed by atoms with E-state index in [1.54, 1.807) is 12.1 Å². The van der Waals surface area contributed by atoms with Crippen LogP contribution in [0.2, 0.25) is 0 Å². The average Bonchev–Trinajstić information content (AvgIpc) is 2.89. The number of ether oxygens (including phenoxy) is 1. The second kappa shape index (κ2) is 10.4. The minimum absolute atomic E-state index is 0.159. The smallest absolute Gasteiger partial charge is 0.173 e. The number of Topliss-reactive ketones (excluding diaryl/α,β-unsaturated/α-hetero) is 1. The van der Waals surface area contributed by atoms with Crippen molar-refractivity contribution in [3.63, 3.8) is 0 Å². The van der Waals surface area contributed by atoms with Gasteiger partial charge < -0.3 is 9.84 Å². The molecular weight excluding hydrogens is 408 g/mol. The van der Waals surface area contributed by atoms with E-state index in [-0.39, 0.29) is 5.78 Å². The first-order chi connectivity index (χ1) is 16.2. The summed E-state index contributed by atoms with van der Waals surface area (Å²) in [5.41, 5.74) is 1.06. The second-order valence-electron chi connectivity index (χ2n) is 8.01. The fourth-order valence-electron chi connectivity index (χ4n) is 4.47. The molecule has 0 aliphatic heterocycles. The van der Waals surface area contributed by atoms with Gasteiger partial charge in [-0.2, -0.15) is 0 Å². The molecule has 0 aliphatic rings. The van der Waals surface area contributed by atoms with E-state index in [0.29, 0.717) is 17.7 Å². The van der Waals surface area contributed by atoms with Gasteiger partial charge in [0.25, 0.3) is 0 Å². The van der Waals surface area contributed by atoms with E-state index in [4.69, 9.17) is 4.74 Å². The Hall–Kier alpha value is -3.53. The zero-order valence-corrected chi connectivity index (χ0v) is 18.7. The maximum absolute atomic E-state index is 14.1. The summed E-state index contributed by atoms with van der Waals surface area (Å²) >= 11 is 0. The average molecular weight is 437 g/mol. The van der Waals surface area contributed by atoms with Crippen LogP contribution in [0.3, 0.4) is 0 Å². The quantitative estimate of drug-likeness (QED) is 0.312. The van der Waals surface area contributed by atoms with Crippen LogP contribution in [0, 0.1) is 0 Å². The SMILES string of the molecule is CCO[C@H](c1ccccc1)[C@@](O)(c1ccccc1)[C@@H](C(=O)c1ccccc1)c1ccccc1. The lowest BCUT2D eigenvalue weighted by Crippen LogP contribution is -2.44. The van der Waals surface area contributed by atoms with E-state index in [0.717, 1.165) is 11.1 Å². The monoisotopic (exact) mass is 436 g/mol. The van der Waals surface area contributed by atoms with E-state index in [9.17, 15) is 9.90 Å². The molecule has 3 atom stereocenters. The third-order valence-corrected chi connectivity index (χ3v) is 5.97. The van der Waals surface area contributed by atoms with Crippen molar-refractivity contribution in [3.8, 4) is 0 Å². The van der Waals surface area contributed by atoms with Gasteiger partial charge in [0.1, 0.15) is 11.7 Å². The summed E-state index contributed by atoms with van der Waals surface area (Å²) in [7, 11) is 0. The molecule has 0 aromatic heterocycles. The molecule has 4 aromatic carbocycles. The molecule has 166 valence electrons. The standard InChI is InChI=1S/C30H28O3/c1-2-33-29(25-19-11-5-12-20-25)30(32,26-21-13-6-14-22-26)27(23-15-7-3-8-16-23)28(31)24-17-9-4-10-18-24/h3-22,27,29,32H,2H2,1H3/t27-,29-,30-/m1/s1. The lowest BCUT2D eigenvalue weighted by molar-refractivity contribution is -0.124. The van der Waals surface area contributed by atoms with E-state index >= 15 is 0 Å². The Labute approximate surface area is 195 Å². The predicted molar refractivity (Wildman–Crippen MR) is 131 cm³/mol. The molecule has 0 bridgehead atoms. The Kier molecular flexibility index (Phi) is 7.13. The van der Waals surface area contributed by atoms with Crippen molar-refractivity contribution in [2.75, 3.05) is 6.61 Å². The fourth-order valence-corrected chi connectivity index (χ4v) is 4.47. The van der Waals surface area contributed by atoms with Gasteiger partial charge in [-0.05, 0) is 23.6 Å². The zero-order valence-electron chi connectivity index (χ0n) is 18.7. The third kappa shape index (κ3) is 4.65. The molecule has 4 aromatic rings. The van der Waals surface area contributed by atoms with Crippen LogP contribution in [0.1, 0.15) is 46.0 Å². The molecular formula is C30H28O3. The Morgan fingerprint density at radius 1 is 0.727 bits per heavy atom. The highest BCUT2D eigenvalue weighted by molar-refractivity contribution is 6.02. The van der Waals surface area contributed by atoms with Gasteiger partial charge in [0, 0.05) is 12.2 Å². The first-order valence-corrected chi connectivity index (χ1v) is 11.2. The van der Waals surface area contributed by atoms with Crippen LogP contribution in [-0.4, -0.2) is 17.5 Å². The highest BCUT2D eigenvalue weighted by Crippen LogP contribution is 2.49. The minimum Gasteiger partial charge on any atom is -0.381 e. The van der Waals surface area contributed by atoms with Gasteiger partial charge in [-0.15, -0.1) is 0 Å². The van der Waals surface area contributed by atoms with Crippen molar-refractivity contribution >= 4 is 5.78 Å². The molecule has 0 aliphatic carbocycles. The molecule has 0 amide bonds. The second-order valence-corrected chi connectivity index (χ2v) is 8.01. The number of benzene rings is 4. The summed E-state index contributed by atoms with van der Waals surface area (Å²) in [5.74, 6) is -1.05. The molecule has 0 radical (unpaired) electrons. The first kappa shape index (κ1) is 22.7. The Bertz CT molecular complexity index is 1140. The molecule has 33 heavy (non-hydrogen) atoms. The topological polar surface area (TPSA) is 46.5 Å². The first-order valence-electron chi connectivity index (χ1n) is 11.2. The number of ketones is 1. The van der Waals surface area contributed by atoms with E-state index in [1.807, 2.05) is 116 Å². The molecule has 1 N–H and O–H groups in total. The molecule has 0 heterocycles. The number of aliphatic hydroxyl groups is 1. The van der Waals surface area contributed by atoms with Gasteiger partial charge in [0.05, 0.1) is 5.92 Å². The van der Waals surface area contributed by atoms with Crippen LogP contribution in [-0.2, 0) is 10.3 Å². The number of hydrogen-bond donors (Lipinski definition) is 1.